The van der Waals surface area contributed by atoms with E-state index in [-0.39, 0.29) is 17.6 Å². The molecule has 1 aliphatic heterocycles. The number of alkyl halides is 2. The minimum Gasteiger partial charge on any atom is -0.465 e. The molecule has 0 bridgehead atoms. The normalized spacial score (nSPS) is 20.1. The van der Waals surface area contributed by atoms with E-state index in [1.54, 1.807) is 32.0 Å². The Hall–Kier alpha value is -2.29. The van der Waals surface area contributed by atoms with E-state index < -0.39 is 17.7 Å². The minimum atomic E-state index is -3.07. The van der Waals surface area contributed by atoms with Crippen molar-refractivity contribution in [1.82, 2.24) is 15.0 Å². The number of aliphatic imine (C=N–C) groups is 1. The topological polar surface area (TPSA) is 69.4 Å². The molecule has 0 N–H and O–H groups in total. The van der Waals surface area contributed by atoms with Crippen molar-refractivity contribution in [2.24, 2.45) is 4.99 Å². The molecule has 6 nitrogen and oxygen atoms in total. The standard InChI is InChI=1S/C17H18F2N4O2S/c1-3-25-16(24)14-11(2)20-15(26-14)13-9-23(22-21-13)10-17(18,19)12-7-5-4-6-8-12/h4-9,11,14H,3,10H2,1-2H3. The number of rotatable bonds is 6. The quantitative estimate of drug-likeness (QED) is 0.721. The van der Waals surface area contributed by atoms with E-state index in [0.29, 0.717) is 17.3 Å². The van der Waals surface area contributed by atoms with Crippen molar-refractivity contribution in [2.45, 2.75) is 37.6 Å². The van der Waals surface area contributed by atoms with Gasteiger partial charge in [-0.25, -0.2) is 4.68 Å². The number of carbonyl (C=O) groups excluding carboxylic acids is 1. The Morgan fingerprint density at radius 3 is 2.77 bits per heavy atom. The van der Waals surface area contributed by atoms with Gasteiger partial charge in [-0.15, -0.1) is 5.10 Å². The smallest absolute Gasteiger partial charge is 0.321 e. The summed E-state index contributed by atoms with van der Waals surface area (Å²) in [6.07, 6.45) is 1.42. The van der Waals surface area contributed by atoms with Gasteiger partial charge in [0.2, 0.25) is 0 Å². The second-order valence-corrected chi connectivity index (χ2v) is 6.97. The summed E-state index contributed by atoms with van der Waals surface area (Å²) < 4.78 is 34.8. The Balaban J connectivity index is 1.71. The molecule has 3 rings (SSSR count). The van der Waals surface area contributed by atoms with Crippen molar-refractivity contribution >= 4 is 22.8 Å². The molecule has 1 aromatic heterocycles. The highest BCUT2D eigenvalue weighted by atomic mass is 32.2. The zero-order chi connectivity index (χ0) is 18.7. The summed E-state index contributed by atoms with van der Waals surface area (Å²) in [7, 11) is 0. The lowest BCUT2D eigenvalue weighted by Gasteiger charge is -2.15. The molecule has 9 heteroatoms. The van der Waals surface area contributed by atoms with Gasteiger partial charge in [-0.1, -0.05) is 47.3 Å². The lowest BCUT2D eigenvalue weighted by Crippen LogP contribution is -2.26. The highest BCUT2D eigenvalue weighted by Gasteiger charge is 2.36. The predicted octanol–water partition coefficient (Wildman–Crippen LogP) is 2.88. The zero-order valence-electron chi connectivity index (χ0n) is 14.3. The molecule has 0 spiro atoms. The molecule has 0 fully saturated rings. The van der Waals surface area contributed by atoms with Gasteiger partial charge in [0, 0.05) is 5.56 Å². The Labute approximate surface area is 153 Å². The summed E-state index contributed by atoms with van der Waals surface area (Å²) in [5.41, 5.74) is 0.290. The molecule has 0 radical (unpaired) electrons. The highest BCUT2D eigenvalue weighted by Crippen LogP contribution is 2.32. The number of ether oxygens (including phenoxy) is 1. The third-order valence-corrected chi connectivity index (χ3v) is 5.21. The first-order valence-corrected chi connectivity index (χ1v) is 9.03. The van der Waals surface area contributed by atoms with Crippen molar-refractivity contribution in [3.63, 3.8) is 0 Å². The van der Waals surface area contributed by atoms with Gasteiger partial charge in [0.25, 0.3) is 5.92 Å². The van der Waals surface area contributed by atoms with Gasteiger partial charge in [0.1, 0.15) is 22.5 Å². The molecule has 138 valence electrons. The number of aromatic nitrogens is 3. The Bertz CT molecular complexity index is 810. The highest BCUT2D eigenvalue weighted by molar-refractivity contribution is 8.15. The van der Waals surface area contributed by atoms with Crippen molar-refractivity contribution in [1.29, 1.82) is 0 Å². The van der Waals surface area contributed by atoms with E-state index in [0.717, 1.165) is 4.68 Å². The predicted molar refractivity (Wildman–Crippen MR) is 94.4 cm³/mol. The monoisotopic (exact) mass is 380 g/mol. The van der Waals surface area contributed by atoms with Crippen molar-refractivity contribution < 1.29 is 18.3 Å². The summed E-state index contributed by atoms with van der Waals surface area (Å²) >= 11 is 1.22. The molecule has 2 atom stereocenters. The Morgan fingerprint density at radius 1 is 1.35 bits per heavy atom. The van der Waals surface area contributed by atoms with Gasteiger partial charge in [0.05, 0.1) is 18.8 Å². The maximum Gasteiger partial charge on any atom is 0.321 e. The lowest BCUT2D eigenvalue weighted by atomic mass is 10.1. The second-order valence-electron chi connectivity index (χ2n) is 5.84. The zero-order valence-corrected chi connectivity index (χ0v) is 15.1. The van der Waals surface area contributed by atoms with Crippen LogP contribution in [0.15, 0.2) is 41.5 Å². The molecular formula is C17H18F2N4O2S. The molecule has 2 unspecified atom stereocenters. The molecule has 2 aromatic rings. The van der Waals surface area contributed by atoms with E-state index in [2.05, 4.69) is 15.3 Å². The average Bonchev–Trinajstić information content (AvgIpc) is 3.22. The summed E-state index contributed by atoms with van der Waals surface area (Å²) in [6, 6.07) is 7.29. The van der Waals surface area contributed by atoms with Gasteiger partial charge in [-0.2, -0.15) is 8.78 Å². The maximum atomic E-state index is 14.4. The van der Waals surface area contributed by atoms with Gasteiger partial charge in [-0.3, -0.25) is 9.79 Å². The van der Waals surface area contributed by atoms with Gasteiger partial charge in [-0.05, 0) is 13.8 Å². The third kappa shape index (κ3) is 3.92. The fraction of sp³-hybridized carbons (Fsp3) is 0.412. The van der Waals surface area contributed by atoms with E-state index in [1.165, 1.54) is 30.1 Å². The van der Waals surface area contributed by atoms with E-state index in [4.69, 9.17) is 4.74 Å². The van der Waals surface area contributed by atoms with Crippen LogP contribution in [0.1, 0.15) is 25.1 Å². The van der Waals surface area contributed by atoms with E-state index in [1.807, 2.05) is 0 Å². The molecule has 0 amide bonds. The number of thioether (sulfide) groups is 1. The summed E-state index contributed by atoms with van der Waals surface area (Å²) in [5, 5.41) is 7.75. The molecular weight excluding hydrogens is 362 g/mol. The molecule has 2 heterocycles. The van der Waals surface area contributed by atoms with Crippen molar-refractivity contribution in [2.75, 3.05) is 6.61 Å². The van der Waals surface area contributed by atoms with Crippen LogP contribution in [0.3, 0.4) is 0 Å². The van der Waals surface area contributed by atoms with Crippen molar-refractivity contribution in [3.8, 4) is 0 Å². The summed E-state index contributed by atoms with van der Waals surface area (Å²) in [4.78, 5) is 16.3. The number of nitrogens with zero attached hydrogens (tertiary/aromatic N) is 4. The fourth-order valence-electron chi connectivity index (χ4n) is 2.55. The number of esters is 1. The maximum absolute atomic E-state index is 14.4. The summed E-state index contributed by atoms with van der Waals surface area (Å²) in [5.74, 6) is -3.41. The first-order valence-electron chi connectivity index (χ1n) is 8.15. The molecule has 0 saturated heterocycles. The number of carbonyl (C=O) groups is 1. The lowest BCUT2D eigenvalue weighted by molar-refractivity contribution is -0.142. The van der Waals surface area contributed by atoms with Crippen LogP contribution in [0.25, 0.3) is 0 Å². The second kappa shape index (κ2) is 7.53. The number of halogens is 2. The molecule has 26 heavy (non-hydrogen) atoms. The Morgan fingerprint density at radius 2 is 2.08 bits per heavy atom. The number of hydrogen-bond acceptors (Lipinski definition) is 6. The van der Waals surface area contributed by atoms with Crippen LogP contribution in [0.5, 0.6) is 0 Å². The average molecular weight is 380 g/mol. The van der Waals surface area contributed by atoms with Crippen LogP contribution < -0.4 is 0 Å². The fourth-order valence-corrected chi connectivity index (χ4v) is 3.65. The number of benzene rings is 1. The van der Waals surface area contributed by atoms with Gasteiger partial charge < -0.3 is 4.74 Å². The van der Waals surface area contributed by atoms with Crippen LogP contribution in [0.4, 0.5) is 8.78 Å². The Kier molecular flexibility index (Phi) is 5.36. The first kappa shape index (κ1) is 18.5. The molecule has 1 aromatic carbocycles. The number of hydrogen-bond donors (Lipinski definition) is 0. The van der Waals surface area contributed by atoms with E-state index >= 15 is 0 Å². The SMILES string of the molecule is CCOC(=O)C1SC(c2cn(CC(F)(F)c3ccccc3)nn2)=NC1C. The van der Waals surface area contributed by atoms with Crippen LogP contribution in [0, 0.1) is 0 Å². The van der Waals surface area contributed by atoms with Crippen LogP contribution >= 0.6 is 11.8 Å². The third-order valence-electron chi connectivity index (χ3n) is 3.83. The largest absolute Gasteiger partial charge is 0.465 e. The van der Waals surface area contributed by atoms with Crippen LogP contribution in [-0.4, -0.2) is 43.9 Å². The molecule has 0 aliphatic carbocycles. The summed E-state index contributed by atoms with van der Waals surface area (Å²) in [6.45, 7) is 3.21. The van der Waals surface area contributed by atoms with E-state index in [9.17, 15) is 13.6 Å². The van der Waals surface area contributed by atoms with Gasteiger partial charge >= 0.3 is 5.97 Å². The van der Waals surface area contributed by atoms with Crippen LogP contribution in [-0.2, 0) is 22.0 Å². The van der Waals surface area contributed by atoms with Crippen molar-refractivity contribution in [3.05, 3.63) is 47.8 Å². The van der Waals surface area contributed by atoms with Crippen LogP contribution in [0.2, 0.25) is 0 Å². The minimum absolute atomic E-state index is 0.0828. The first-order chi connectivity index (χ1) is 12.4. The van der Waals surface area contributed by atoms with Gasteiger partial charge in [0.15, 0.2) is 0 Å². The molecule has 0 saturated carbocycles. The molecule has 1 aliphatic rings.